The predicted molar refractivity (Wildman–Crippen MR) is 103 cm³/mol. The maximum absolute atomic E-state index is 2.73. The van der Waals surface area contributed by atoms with Crippen molar-refractivity contribution in [3.05, 3.63) is 6.42 Å². The minimum atomic E-state index is 0.833. The summed E-state index contributed by atoms with van der Waals surface area (Å²) >= 11 is 0. The lowest BCUT2D eigenvalue weighted by Crippen LogP contribution is -2.08. The SMILES string of the molecule is CCCCCCC(C)[CH]C(CCCCCC)CCCCCC. The van der Waals surface area contributed by atoms with E-state index in [1.807, 2.05) is 0 Å². The van der Waals surface area contributed by atoms with Gasteiger partial charge in [-0.1, -0.05) is 124 Å². The average molecular weight is 310 g/mol. The van der Waals surface area contributed by atoms with Gasteiger partial charge in [0, 0.05) is 0 Å². The summed E-state index contributed by atoms with van der Waals surface area (Å²) in [5.74, 6) is 1.73. The van der Waals surface area contributed by atoms with Gasteiger partial charge in [-0.25, -0.2) is 0 Å². The molecule has 0 heterocycles. The molecule has 0 N–H and O–H groups in total. The molecule has 133 valence electrons. The van der Waals surface area contributed by atoms with Crippen LogP contribution in [0.3, 0.4) is 0 Å². The number of unbranched alkanes of at least 4 members (excludes halogenated alkanes) is 9. The standard InChI is InChI=1S/C22H45/c1-5-8-11-14-17-21(4)20-22(18-15-12-9-6-2)19-16-13-10-7-3/h20-22H,5-19H2,1-4H3. The molecule has 0 aliphatic carbocycles. The van der Waals surface area contributed by atoms with Crippen LogP contribution in [0.1, 0.15) is 124 Å². The van der Waals surface area contributed by atoms with Gasteiger partial charge in [0.05, 0.1) is 0 Å². The fourth-order valence-electron chi connectivity index (χ4n) is 3.46. The van der Waals surface area contributed by atoms with Gasteiger partial charge < -0.3 is 0 Å². The Morgan fingerprint density at radius 1 is 0.545 bits per heavy atom. The van der Waals surface area contributed by atoms with E-state index in [0.717, 1.165) is 11.8 Å². The molecular weight excluding hydrogens is 264 g/mol. The molecule has 1 atom stereocenters. The Balaban J connectivity index is 3.91. The van der Waals surface area contributed by atoms with Crippen molar-refractivity contribution < 1.29 is 0 Å². The molecule has 1 unspecified atom stereocenters. The van der Waals surface area contributed by atoms with E-state index in [-0.39, 0.29) is 0 Å². The van der Waals surface area contributed by atoms with Crippen LogP contribution in [0.5, 0.6) is 0 Å². The van der Waals surface area contributed by atoms with E-state index in [1.54, 1.807) is 0 Å². The van der Waals surface area contributed by atoms with Crippen molar-refractivity contribution in [2.45, 2.75) is 124 Å². The monoisotopic (exact) mass is 309 g/mol. The third-order valence-corrected chi connectivity index (χ3v) is 4.97. The zero-order chi connectivity index (χ0) is 16.5. The average Bonchev–Trinajstić information content (AvgIpc) is 2.52. The Hall–Kier alpha value is 0. The predicted octanol–water partition coefficient (Wildman–Crippen LogP) is 8.35. The molecule has 0 bridgehead atoms. The van der Waals surface area contributed by atoms with E-state index >= 15 is 0 Å². The third kappa shape index (κ3) is 14.9. The molecule has 0 aromatic carbocycles. The lowest BCUT2D eigenvalue weighted by atomic mass is 9.85. The van der Waals surface area contributed by atoms with E-state index < -0.39 is 0 Å². The lowest BCUT2D eigenvalue weighted by molar-refractivity contribution is 0.399. The smallest absolute Gasteiger partial charge is 0.0326 e. The Bertz CT molecular complexity index is 184. The van der Waals surface area contributed by atoms with Crippen LogP contribution < -0.4 is 0 Å². The highest BCUT2D eigenvalue weighted by molar-refractivity contribution is 4.81. The van der Waals surface area contributed by atoms with Crippen LogP contribution in [-0.4, -0.2) is 0 Å². The van der Waals surface area contributed by atoms with E-state index in [4.69, 9.17) is 0 Å². The second-order valence-electron chi connectivity index (χ2n) is 7.48. The molecule has 0 heteroatoms. The van der Waals surface area contributed by atoms with Crippen LogP contribution in [-0.2, 0) is 0 Å². The fraction of sp³-hybridized carbons (Fsp3) is 0.955. The molecule has 0 aromatic rings. The van der Waals surface area contributed by atoms with Gasteiger partial charge in [0.15, 0.2) is 0 Å². The topological polar surface area (TPSA) is 0 Å². The molecule has 0 rings (SSSR count). The first kappa shape index (κ1) is 22.0. The highest BCUT2D eigenvalue weighted by Gasteiger charge is 2.13. The molecule has 0 aliphatic rings. The normalized spacial score (nSPS) is 13.0. The summed E-state index contributed by atoms with van der Waals surface area (Å²) in [6.07, 6.45) is 24.1. The summed E-state index contributed by atoms with van der Waals surface area (Å²) in [6, 6.07) is 0. The molecule has 0 saturated heterocycles. The van der Waals surface area contributed by atoms with Crippen molar-refractivity contribution in [1.82, 2.24) is 0 Å². The molecule has 0 nitrogen and oxygen atoms in total. The van der Waals surface area contributed by atoms with Gasteiger partial charge in [0.2, 0.25) is 0 Å². The summed E-state index contributed by atoms with van der Waals surface area (Å²) in [7, 11) is 0. The first-order valence-electron chi connectivity index (χ1n) is 10.6. The number of hydrogen-bond acceptors (Lipinski definition) is 0. The van der Waals surface area contributed by atoms with Gasteiger partial charge in [-0.05, 0) is 18.3 Å². The maximum Gasteiger partial charge on any atom is -0.0326 e. The Morgan fingerprint density at radius 2 is 0.955 bits per heavy atom. The maximum atomic E-state index is 2.73. The van der Waals surface area contributed by atoms with Gasteiger partial charge >= 0.3 is 0 Å². The van der Waals surface area contributed by atoms with Crippen LogP contribution in [0.25, 0.3) is 0 Å². The first-order chi connectivity index (χ1) is 10.7. The minimum absolute atomic E-state index is 0.833. The molecule has 22 heavy (non-hydrogen) atoms. The van der Waals surface area contributed by atoms with Crippen LogP contribution >= 0.6 is 0 Å². The summed E-state index contributed by atoms with van der Waals surface area (Å²) < 4.78 is 0. The molecule has 0 spiro atoms. The first-order valence-corrected chi connectivity index (χ1v) is 10.6. The molecule has 1 radical (unpaired) electrons. The number of rotatable bonds is 17. The van der Waals surface area contributed by atoms with Crippen molar-refractivity contribution in [3.8, 4) is 0 Å². The Morgan fingerprint density at radius 3 is 1.36 bits per heavy atom. The quantitative estimate of drug-likeness (QED) is 0.237. The van der Waals surface area contributed by atoms with Crippen molar-refractivity contribution in [2.24, 2.45) is 11.8 Å². The fourth-order valence-corrected chi connectivity index (χ4v) is 3.46. The minimum Gasteiger partial charge on any atom is -0.0654 e. The summed E-state index contributed by atoms with van der Waals surface area (Å²) in [6.45, 7) is 9.38. The van der Waals surface area contributed by atoms with Gasteiger partial charge in [-0.3, -0.25) is 0 Å². The molecule has 0 amide bonds. The largest absolute Gasteiger partial charge is 0.0654 e. The summed E-state index contributed by atoms with van der Waals surface area (Å²) in [5, 5.41) is 0. The molecule has 0 aromatic heterocycles. The van der Waals surface area contributed by atoms with E-state index in [9.17, 15) is 0 Å². The molecule has 0 saturated carbocycles. The molecule has 0 aliphatic heterocycles. The summed E-state index contributed by atoms with van der Waals surface area (Å²) in [4.78, 5) is 0. The van der Waals surface area contributed by atoms with Crippen molar-refractivity contribution in [3.63, 3.8) is 0 Å². The Labute approximate surface area is 142 Å². The third-order valence-electron chi connectivity index (χ3n) is 4.97. The molecular formula is C22H45. The van der Waals surface area contributed by atoms with Gasteiger partial charge in [0.1, 0.15) is 0 Å². The second-order valence-corrected chi connectivity index (χ2v) is 7.48. The van der Waals surface area contributed by atoms with Gasteiger partial charge in [-0.15, -0.1) is 0 Å². The zero-order valence-electron chi connectivity index (χ0n) is 16.3. The van der Waals surface area contributed by atoms with Gasteiger partial charge in [-0.2, -0.15) is 0 Å². The lowest BCUT2D eigenvalue weighted by Gasteiger charge is -2.21. The van der Waals surface area contributed by atoms with Crippen LogP contribution in [0.15, 0.2) is 0 Å². The van der Waals surface area contributed by atoms with Crippen molar-refractivity contribution >= 4 is 0 Å². The van der Waals surface area contributed by atoms with Crippen LogP contribution in [0.2, 0.25) is 0 Å². The Kier molecular flexibility index (Phi) is 17.4. The van der Waals surface area contributed by atoms with Gasteiger partial charge in [0.25, 0.3) is 0 Å². The number of hydrogen-bond donors (Lipinski definition) is 0. The van der Waals surface area contributed by atoms with Crippen molar-refractivity contribution in [1.29, 1.82) is 0 Å². The van der Waals surface area contributed by atoms with Crippen molar-refractivity contribution in [2.75, 3.05) is 0 Å². The summed E-state index contributed by atoms with van der Waals surface area (Å²) in [5.41, 5.74) is 0. The van der Waals surface area contributed by atoms with Crippen LogP contribution in [0, 0.1) is 18.3 Å². The van der Waals surface area contributed by atoms with Crippen LogP contribution in [0.4, 0.5) is 0 Å². The van der Waals surface area contributed by atoms with E-state index in [2.05, 4.69) is 34.1 Å². The molecule has 0 fully saturated rings. The van der Waals surface area contributed by atoms with E-state index in [0.29, 0.717) is 0 Å². The highest BCUT2D eigenvalue weighted by atomic mass is 14.2. The highest BCUT2D eigenvalue weighted by Crippen LogP contribution is 2.26. The second kappa shape index (κ2) is 17.4. The van der Waals surface area contributed by atoms with E-state index in [1.165, 1.54) is 96.3 Å². The zero-order valence-corrected chi connectivity index (χ0v) is 16.3.